The molecule has 1 atom stereocenters. The smallest absolute Gasteiger partial charge is 0.282 e. The predicted octanol–water partition coefficient (Wildman–Crippen LogP) is 0.0262. The summed E-state index contributed by atoms with van der Waals surface area (Å²) in [6.45, 7) is 4.70. The third-order valence-corrected chi connectivity index (χ3v) is 4.74. The summed E-state index contributed by atoms with van der Waals surface area (Å²) in [5.74, 6) is 0. The van der Waals surface area contributed by atoms with E-state index in [1.54, 1.807) is 7.05 Å². The van der Waals surface area contributed by atoms with Gasteiger partial charge in [0.15, 0.2) is 0 Å². The summed E-state index contributed by atoms with van der Waals surface area (Å²) in [7, 11) is -1.68. The molecule has 7 heteroatoms. The summed E-state index contributed by atoms with van der Waals surface area (Å²) in [6, 6.07) is -0.0258. The molecule has 0 spiro atoms. The monoisotopic (exact) mass is 257 g/mol. The molecule has 0 radical (unpaired) electrons. The Bertz CT molecular complexity index is 294. The number of rotatable bonds is 3. The Morgan fingerprint density at radius 2 is 2.00 bits per heavy atom. The van der Waals surface area contributed by atoms with E-state index in [1.165, 1.54) is 8.61 Å². The van der Waals surface area contributed by atoms with Crippen LogP contribution < -0.4 is 5.73 Å². The lowest BCUT2D eigenvalue weighted by Crippen LogP contribution is -2.44. The van der Waals surface area contributed by atoms with E-state index in [0.717, 1.165) is 6.42 Å². The Morgan fingerprint density at radius 3 is 2.33 bits per heavy atom. The Labute approximate surface area is 98.2 Å². The maximum atomic E-state index is 11.9. The first-order chi connectivity index (χ1) is 6.35. The zero-order valence-electron chi connectivity index (χ0n) is 9.38. The van der Waals surface area contributed by atoms with E-state index in [0.29, 0.717) is 13.1 Å². The van der Waals surface area contributed by atoms with E-state index in [-0.39, 0.29) is 24.5 Å². The quantitative estimate of drug-likeness (QED) is 0.776. The lowest BCUT2D eigenvalue weighted by molar-refractivity contribution is 0.358. The average molecular weight is 258 g/mol. The summed E-state index contributed by atoms with van der Waals surface area (Å²) < 4.78 is 26.7. The van der Waals surface area contributed by atoms with Gasteiger partial charge in [-0.05, 0) is 20.3 Å². The molecular weight excluding hydrogens is 238 g/mol. The first kappa shape index (κ1) is 15.1. The standard InChI is InChI=1S/C8H19N3O2S.ClH/c1-7(2)10(3)14(12,13)11-5-4-8(9)6-11;/h7-8H,4-6,9H2,1-3H3;1H/t8-;/m0./s1. The highest BCUT2D eigenvalue weighted by molar-refractivity contribution is 7.86. The van der Waals surface area contributed by atoms with Gasteiger partial charge in [0.1, 0.15) is 0 Å². The summed E-state index contributed by atoms with van der Waals surface area (Å²) in [5, 5.41) is 0. The normalized spacial score (nSPS) is 23.5. The zero-order chi connectivity index (χ0) is 10.9. The molecule has 0 unspecified atom stereocenters. The molecule has 0 aromatic heterocycles. The van der Waals surface area contributed by atoms with Gasteiger partial charge in [-0.25, -0.2) is 0 Å². The van der Waals surface area contributed by atoms with Crippen molar-refractivity contribution in [3.05, 3.63) is 0 Å². The SMILES string of the molecule is CC(C)N(C)S(=O)(=O)N1CC[C@H](N)C1.Cl. The van der Waals surface area contributed by atoms with E-state index in [9.17, 15) is 8.42 Å². The molecule has 1 fully saturated rings. The van der Waals surface area contributed by atoms with Crippen molar-refractivity contribution in [2.24, 2.45) is 5.73 Å². The van der Waals surface area contributed by atoms with E-state index < -0.39 is 10.2 Å². The van der Waals surface area contributed by atoms with Gasteiger partial charge in [-0.3, -0.25) is 0 Å². The molecule has 1 aliphatic heterocycles. The largest absolute Gasteiger partial charge is 0.326 e. The molecule has 1 rings (SSSR count). The van der Waals surface area contributed by atoms with E-state index in [4.69, 9.17) is 5.73 Å². The van der Waals surface area contributed by atoms with E-state index in [2.05, 4.69) is 0 Å². The van der Waals surface area contributed by atoms with Gasteiger partial charge < -0.3 is 5.73 Å². The fraction of sp³-hybridized carbons (Fsp3) is 1.00. The second-order valence-electron chi connectivity index (χ2n) is 4.02. The van der Waals surface area contributed by atoms with Crippen molar-refractivity contribution in [2.45, 2.75) is 32.4 Å². The molecule has 1 aliphatic rings. The Morgan fingerprint density at radius 1 is 1.47 bits per heavy atom. The minimum Gasteiger partial charge on any atom is -0.326 e. The topological polar surface area (TPSA) is 66.6 Å². The summed E-state index contributed by atoms with van der Waals surface area (Å²) >= 11 is 0. The lowest BCUT2D eigenvalue weighted by Gasteiger charge is -2.26. The fourth-order valence-corrected chi connectivity index (χ4v) is 3.03. The lowest BCUT2D eigenvalue weighted by atomic mass is 10.3. The summed E-state index contributed by atoms with van der Waals surface area (Å²) in [6.07, 6.45) is 0.755. The van der Waals surface area contributed by atoms with Crippen molar-refractivity contribution in [2.75, 3.05) is 20.1 Å². The molecule has 92 valence electrons. The zero-order valence-corrected chi connectivity index (χ0v) is 11.0. The van der Waals surface area contributed by atoms with Crippen LogP contribution in [0.1, 0.15) is 20.3 Å². The van der Waals surface area contributed by atoms with Crippen LogP contribution in [0.2, 0.25) is 0 Å². The van der Waals surface area contributed by atoms with Crippen LogP contribution in [0.3, 0.4) is 0 Å². The van der Waals surface area contributed by atoms with Crippen LogP contribution in [-0.4, -0.2) is 49.2 Å². The highest BCUT2D eigenvalue weighted by atomic mass is 35.5. The van der Waals surface area contributed by atoms with Crippen molar-refractivity contribution < 1.29 is 8.42 Å². The summed E-state index contributed by atoms with van der Waals surface area (Å²) in [5.41, 5.74) is 5.67. The molecular formula is C8H20ClN3O2S. The molecule has 1 saturated heterocycles. The maximum Gasteiger partial charge on any atom is 0.282 e. The van der Waals surface area contributed by atoms with Crippen LogP contribution in [0, 0.1) is 0 Å². The minimum atomic E-state index is -3.28. The van der Waals surface area contributed by atoms with Gasteiger partial charge in [-0.1, -0.05) is 0 Å². The average Bonchev–Trinajstić information content (AvgIpc) is 2.50. The Hall–Kier alpha value is 0.120. The molecule has 15 heavy (non-hydrogen) atoms. The Kier molecular flexibility index (Phi) is 5.49. The Balaban J connectivity index is 0.00000196. The number of nitrogens with zero attached hydrogens (tertiary/aromatic N) is 2. The predicted molar refractivity (Wildman–Crippen MR) is 63.2 cm³/mol. The van der Waals surface area contributed by atoms with Gasteiger partial charge in [-0.15, -0.1) is 12.4 Å². The van der Waals surface area contributed by atoms with E-state index in [1.807, 2.05) is 13.8 Å². The van der Waals surface area contributed by atoms with Crippen LogP contribution in [0.4, 0.5) is 0 Å². The van der Waals surface area contributed by atoms with Crippen LogP contribution in [0.15, 0.2) is 0 Å². The molecule has 0 aromatic rings. The number of halogens is 1. The molecule has 0 saturated carbocycles. The van der Waals surface area contributed by atoms with Crippen molar-refractivity contribution >= 4 is 22.6 Å². The van der Waals surface area contributed by atoms with Crippen LogP contribution >= 0.6 is 12.4 Å². The third-order valence-electron chi connectivity index (χ3n) is 2.60. The molecule has 5 nitrogen and oxygen atoms in total. The molecule has 2 N–H and O–H groups in total. The second-order valence-corrected chi connectivity index (χ2v) is 6.01. The number of nitrogens with two attached hydrogens (primary N) is 1. The van der Waals surface area contributed by atoms with Crippen molar-refractivity contribution in [3.63, 3.8) is 0 Å². The van der Waals surface area contributed by atoms with Gasteiger partial charge in [0, 0.05) is 32.2 Å². The molecule has 0 bridgehead atoms. The highest BCUT2D eigenvalue weighted by Gasteiger charge is 2.33. The third kappa shape index (κ3) is 3.29. The van der Waals surface area contributed by atoms with Crippen molar-refractivity contribution in [1.82, 2.24) is 8.61 Å². The van der Waals surface area contributed by atoms with E-state index >= 15 is 0 Å². The highest BCUT2D eigenvalue weighted by Crippen LogP contribution is 2.16. The van der Waals surface area contributed by atoms with Gasteiger partial charge in [0.05, 0.1) is 0 Å². The van der Waals surface area contributed by atoms with Crippen LogP contribution in [0.5, 0.6) is 0 Å². The molecule has 0 aliphatic carbocycles. The molecule has 0 amide bonds. The number of hydrogen-bond donors (Lipinski definition) is 1. The molecule has 1 heterocycles. The summed E-state index contributed by atoms with van der Waals surface area (Å²) in [4.78, 5) is 0. The minimum absolute atomic E-state index is 0. The first-order valence-electron chi connectivity index (χ1n) is 4.84. The first-order valence-corrected chi connectivity index (χ1v) is 6.24. The number of hydrogen-bond acceptors (Lipinski definition) is 3. The molecule has 0 aromatic carbocycles. The van der Waals surface area contributed by atoms with Crippen LogP contribution in [-0.2, 0) is 10.2 Å². The van der Waals surface area contributed by atoms with Crippen molar-refractivity contribution in [1.29, 1.82) is 0 Å². The van der Waals surface area contributed by atoms with Crippen LogP contribution in [0.25, 0.3) is 0 Å². The van der Waals surface area contributed by atoms with Crippen molar-refractivity contribution in [3.8, 4) is 0 Å². The van der Waals surface area contributed by atoms with Gasteiger partial charge in [-0.2, -0.15) is 17.0 Å². The second kappa shape index (κ2) is 5.45. The maximum absolute atomic E-state index is 11.9. The van der Waals surface area contributed by atoms with Gasteiger partial charge in [0.25, 0.3) is 10.2 Å². The van der Waals surface area contributed by atoms with Gasteiger partial charge in [0.2, 0.25) is 0 Å². The fourth-order valence-electron chi connectivity index (χ4n) is 1.41. The van der Waals surface area contributed by atoms with Gasteiger partial charge >= 0.3 is 0 Å².